The van der Waals surface area contributed by atoms with Gasteiger partial charge in [0, 0.05) is 5.69 Å². The van der Waals surface area contributed by atoms with Gasteiger partial charge < -0.3 is 11.1 Å². The number of guanidine groups is 1. The van der Waals surface area contributed by atoms with Gasteiger partial charge in [-0.2, -0.15) is 0 Å². The topological polar surface area (TPSA) is 50.4 Å². The van der Waals surface area contributed by atoms with E-state index in [1.807, 2.05) is 6.07 Å². The van der Waals surface area contributed by atoms with Crippen molar-refractivity contribution in [3.05, 3.63) is 29.3 Å². The molecule has 2 rings (SSSR count). The van der Waals surface area contributed by atoms with E-state index >= 15 is 0 Å². The van der Waals surface area contributed by atoms with E-state index in [9.17, 15) is 0 Å². The van der Waals surface area contributed by atoms with Crippen molar-refractivity contribution in [3.8, 4) is 0 Å². The SMILES string of the molecule is CC[C@@H]1C[C@H]1N=C(N)Nc1ccc(C)c(C)c1.I. The summed E-state index contributed by atoms with van der Waals surface area (Å²) in [4.78, 5) is 4.47. The average molecular weight is 359 g/mol. The highest BCUT2D eigenvalue weighted by molar-refractivity contribution is 14.0. The predicted octanol–water partition coefficient (Wildman–Crippen LogP) is 3.45. The standard InChI is InChI=1S/C14H21N3.HI/c1-4-11-8-13(11)17-14(15)16-12-6-5-9(2)10(3)7-12;/h5-7,11,13H,4,8H2,1-3H3,(H3,15,16,17);1H/t11-,13-;/m1./s1. The molecule has 1 saturated carbocycles. The van der Waals surface area contributed by atoms with Crippen molar-refractivity contribution < 1.29 is 0 Å². The van der Waals surface area contributed by atoms with Crippen molar-refractivity contribution in [2.24, 2.45) is 16.6 Å². The molecule has 2 atom stereocenters. The molecule has 1 aromatic carbocycles. The quantitative estimate of drug-likeness (QED) is 0.494. The van der Waals surface area contributed by atoms with Crippen LogP contribution in [0.5, 0.6) is 0 Å². The van der Waals surface area contributed by atoms with Crippen molar-refractivity contribution in [1.82, 2.24) is 0 Å². The zero-order valence-corrected chi connectivity index (χ0v) is 13.6. The average Bonchev–Trinajstić information content (AvgIpc) is 3.02. The van der Waals surface area contributed by atoms with Gasteiger partial charge >= 0.3 is 0 Å². The third kappa shape index (κ3) is 3.86. The number of nitrogens with zero attached hydrogens (tertiary/aromatic N) is 1. The van der Waals surface area contributed by atoms with Gasteiger partial charge in [0.1, 0.15) is 0 Å². The van der Waals surface area contributed by atoms with Gasteiger partial charge in [0.15, 0.2) is 5.96 Å². The summed E-state index contributed by atoms with van der Waals surface area (Å²) in [5.74, 6) is 1.28. The van der Waals surface area contributed by atoms with E-state index in [2.05, 4.69) is 43.2 Å². The van der Waals surface area contributed by atoms with Crippen molar-refractivity contribution in [3.63, 3.8) is 0 Å². The third-order valence-corrected chi connectivity index (χ3v) is 3.49. The van der Waals surface area contributed by atoms with Crippen molar-refractivity contribution in [2.45, 2.75) is 39.7 Å². The Hall–Kier alpha value is -0.780. The molecule has 1 fully saturated rings. The molecule has 0 heterocycles. The molecule has 4 heteroatoms. The van der Waals surface area contributed by atoms with Gasteiger partial charge in [-0.15, -0.1) is 24.0 Å². The van der Waals surface area contributed by atoms with Crippen LogP contribution in [0.15, 0.2) is 23.2 Å². The lowest BCUT2D eigenvalue weighted by Crippen LogP contribution is -2.23. The summed E-state index contributed by atoms with van der Waals surface area (Å²) in [5, 5.41) is 3.15. The number of nitrogens with one attached hydrogen (secondary N) is 1. The summed E-state index contributed by atoms with van der Waals surface area (Å²) in [7, 11) is 0. The monoisotopic (exact) mass is 359 g/mol. The smallest absolute Gasteiger partial charge is 0.193 e. The van der Waals surface area contributed by atoms with Gasteiger partial charge in [-0.3, -0.25) is 0 Å². The predicted molar refractivity (Wildman–Crippen MR) is 88.8 cm³/mol. The van der Waals surface area contributed by atoms with Gasteiger partial charge in [0.2, 0.25) is 0 Å². The molecule has 1 aromatic rings. The summed E-state index contributed by atoms with van der Waals surface area (Å²) < 4.78 is 0. The minimum absolute atomic E-state index is 0. The Labute approximate surface area is 126 Å². The first-order chi connectivity index (χ1) is 8.10. The summed E-state index contributed by atoms with van der Waals surface area (Å²) in [6.45, 7) is 6.40. The number of hydrogen-bond donors (Lipinski definition) is 2. The Morgan fingerprint density at radius 1 is 1.39 bits per heavy atom. The van der Waals surface area contributed by atoms with E-state index < -0.39 is 0 Å². The summed E-state index contributed by atoms with van der Waals surface area (Å²) in [5.41, 5.74) is 9.46. The minimum Gasteiger partial charge on any atom is -0.370 e. The van der Waals surface area contributed by atoms with Crippen LogP contribution in [0.1, 0.15) is 30.9 Å². The van der Waals surface area contributed by atoms with Crippen molar-refractivity contribution in [2.75, 3.05) is 5.32 Å². The Kier molecular flexibility index (Phi) is 5.44. The van der Waals surface area contributed by atoms with Crippen LogP contribution in [0.3, 0.4) is 0 Å². The van der Waals surface area contributed by atoms with E-state index in [0.717, 1.165) is 11.6 Å². The Morgan fingerprint density at radius 3 is 2.67 bits per heavy atom. The number of benzene rings is 1. The third-order valence-electron chi connectivity index (χ3n) is 3.49. The van der Waals surface area contributed by atoms with Gasteiger partial charge in [-0.25, -0.2) is 4.99 Å². The maximum Gasteiger partial charge on any atom is 0.193 e. The molecular formula is C14H22IN3. The van der Waals surface area contributed by atoms with Gasteiger partial charge in [-0.05, 0) is 49.4 Å². The number of aryl methyl sites for hydroxylation is 2. The van der Waals surface area contributed by atoms with Crippen molar-refractivity contribution in [1.29, 1.82) is 0 Å². The molecule has 0 saturated heterocycles. The van der Waals surface area contributed by atoms with Crippen molar-refractivity contribution >= 4 is 35.6 Å². The summed E-state index contributed by atoms with van der Waals surface area (Å²) in [6, 6.07) is 6.67. The number of hydrogen-bond acceptors (Lipinski definition) is 1. The van der Waals surface area contributed by atoms with Crippen LogP contribution >= 0.6 is 24.0 Å². The van der Waals surface area contributed by atoms with Crippen LogP contribution in [0.25, 0.3) is 0 Å². The second-order valence-electron chi connectivity index (χ2n) is 4.91. The van der Waals surface area contributed by atoms with Gasteiger partial charge in [-0.1, -0.05) is 19.4 Å². The van der Waals surface area contributed by atoms with E-state index in [0.29, 0.717) is 12.0 Å². The Balaban J connectivity index is 0.00000162. The van der Waals surface area contributed by atoms with Gasteiger partial charge in [0.05, 0.1) is 6.04 Å². The van der Waals surface area contributed by atoms with E-state index in [1.165, 1.54) is 24.0 Å². The Bertz CT molecular complexity index is 443. The highest BCUT2D eigenvalue weighted by Gasteiger charge is 2.35. The number of rotatable bonds is 3. The summed E-state index contributed by atoms with van der Waals surface area (Å²) >= 11 is 0. The number of halogens is 1. The second-order valence-corrected chi connectivity index (χ2v) is 4.91. The van der Waals surface area contributed by atoms with E-state index in [1.54, 1.807) is 0 Å². The molecule has 3 nitrogen and oxygen atoms in total. The zero-order chi connectivity index (χ0) is 12.4. The first-order valence-electron chi connectivity index (χ1n) is 6.27. The van der Waals surface area contributed by atoms with Crippen LogP contribution < -0.4 is 11.1 Å². The second kappa shape index (κ2) is 6.41. The first kappa shape index (κ1) is 15.3. The molecule has 0 aliphatic heterocycles. The fourth-order valence-electron chi connectivity index (χ4n) is 2.01. The molecule has 1 aliphatic carbocycles. The molecular weight excluding hydrogens is 337 g/mol. The first-order valence-corrected chi connectivity index (χ1v) is 6.27. The summed E-state index contributed by atoms with van der Waals surface area (Å²) in [6.07, 6.45) is 2.39. The molecule has 100 valence electrons. The zero-order valence-electron chi connectivity index (χ0n) is 11.2. The largest absolute Gasteiger partial charge is 0.370 e. The molecule has 0 amide bonds. The maximum absolute atomic E-state index is 5.89. The molecule has 0 radical (unpaired) electrons. The molecule has 3 N–H and O–H groups in total. The van der Waals surface area contributed by atoms with E-state index in [4.69, 9.17) is 5.73 Å². The Morgan fingerprint density at radius 2 is 2.11 bits per heavy atom. The van der Waals surface area contributed by atoms with Gasteiger partial charge in [0.25, 0.3) is 0 Å². The van der Waals surface area contributed by atoms with Crippen LogP contribution in [-0.4, -0.2) is 12.0 Å². The van der Waals surface area contributed by atoms with Crippen LogP contribution in [0.2, 0.25) is 0 Å². The number of aliphatic imine (C=N–C) groups is 1. The molecule has 0 bridgehead atoms. The minimum atomic E-state index is 0. The maximum atomic E-state index is 5.89. The van der Waals surface area contributed by atoms with Crippen LogP contribution in [0.4, 0.5) is 5.69 Å². The highest BCUT2D eigenvalue weighted by Crippen LogP contribution is 2.36. The van der Waals surface area contributed by atoms with E-state index in [-0.39, 0.29) is 24.0 Å². The molecule has 18 heavy (non-hydrogen) atoms. The highest BCUT2D eigenvalue weighted by atomic mass is 127. The normalized spacial score (nSPS) is 22.3. The number of anilines is 1. The lowest BCUT2D eigenvalue weighted by atomic mass is 10.1. The molecule has 0 aromatic heterocycles. The molecule has 0 spiro atoms. The fourth-order valence-corrected chi connectivity index (χ4v) is 2.01. The van der Waals surface area contributed by atoms with Crippen LogP contribution in [0, 0.1) is 19.8 Å². The lowest BCUT2D eigenvalue weighted by molar-refractivity contribution is 0.759. The fraction of sp³-hybridized carbons (Fsp3) is 0.500. The number of nitrogens with two attached hydrogens (primary N) is 1. The van der Waals surface area contributed by atoms with Crippen LogP contribution in [-0.2, 0) is 0 Å². The molecule has 0 unspecified atom stereocenters. The molecule has 1 aliphatic rings. The lowest BCUT2D eigenvalue weighted by Gasteiger charge is -2.07.